The van der Waals surface area contributed by atoms with E-state index in [1.165, 1.54) is 11.5 Å². The molecule has 4 aromatic heterocycles. The third-order valence-corrected chi connectivity index (χ3v) is 30.2. The quantitative estimate of drug-likeness (QED) is 0.124. The van der Waals surface area contributed by atoms with Gasteiger partial charge in [0, 0.05) is 44.5 Å². The van der Waals surface area contributed by atoms with Gasteiger partial charge in [0.25, 0.3) is 0 Å². The molecule has 0 fully saturated rings. The molecule has 40 heavy (non-hydrogen) atoms. The number of rotatable bonds is 4. The number of fused-ring (bicyclic) bond motifs is 8. The Bertz CT molecular complexity index is 1430. The second-order valence-electron chi connectivity index (χ2n) is 14.8. The summed E-state index contributed by atoms with van der Waals surface area (Å²) in [6, 6.07) is 0. The van der Waals surface area contributed by atoms with Crippen LogP contribution in [0, 0.1) is 11.5 Å². The van der Waals surface area contributed by atoms with Gasteiger partial charge in [-0.05, 0) is 108 Å². The molecule has 0 atom stereocenters. The van der Waals surface area contributed by atoms with E-state index in [0.717, 1.165) is 0 Å². The van der Waals surface area contributed by atoms with Crippen molar-refractivity contribution in [1.82, 2.24) is 0 Å². The average molecular weight is 1120 g/mol. The maximum atomic E-state index is 2.72. The van der Waals surface area contributed by atoms with Crippen molar-refractivity contribution in [2.45, 2.75) is 78.6 Å². The molecule has 12 heteroatoms. The van der Waals surface area contributed by atoms with Crippen molar-refractivity contribution in [3.63, 3.8) is 0 Å². The van der Waals surface area contributed by atoms with E-state index in [-0.39, 0.29) is 0 Å². The van der Waals surface area contributed by atoms with Gasteiger partial charge in [0.1, 0.15) is 0 Å². The van der Waals surface area contributed by atoms with E-state index in [2.05, 4.69) is 214 Å². The van der Waals surface area contributed by atoms with Gasteiger partial charge in [-0.3, -0.25) is 0 Å². The lowest BCUT2D eigenvalue weighted by Gasteiger charge is -2.27. The van der Waals surface area contributed by atoms with E-state index in [0.29, 0.717) is 0 Å². The maximum Gasteiger partial charge on any atom is 0.0913 e. The minimum atomic E-state index is -1.62. The second kappa shape index (κ2) is 11.1. The highest BCUT2D eigenvalue weighted by molar-refractivity contribution is 14.1. The van der Waals surface area contributed by atoms with Crippen LogP contribution in [-0.4, -0.2) is 32.3 Å². The van der Waals surface area contributed by atoms with Crippen LogP contribution in [0.25, 0.3) is 44.5 Å². The fourth-order valence-corrected chi connectivity index (χ4v) is 26.2. The zero-order valence-corrected chi connectivity index (χ0v) is 41.0. The Labute approximate surface area is 315 Å². The van der Waals surface area contributed by atoms with Gasteiger partial charge in [-0.25, -0.2) is 0 Å². The Morgan fingerprint density at radius 2 is 0.450 bits per heavy atom. The maximum absolute atomic E-state index is 2.72. The van der Waals surface area contributed by atoms with Crippen LogP contribution >= 0.6 is 136 Å². The summed E-state index contributed by atoms with van der Waals surface area (Å²) >= 11 is 19.4. The van der Waals surface area contributed by atoms with Crippen molar-refractivity contribution in [1.29, 1.82) is 0 Å². The predicted molar refractivity (Wildman–Crippen MR) is 236 cm³/mol. The minimum Gasteiger partial charge on any atom is -0.138 e. The fourth-order valence-electron chi connectivity index (χ4n) is 5.57. The average Bonchev–Trinajstić information content (AvgIpc) is 3.45. The molecule has 0 unspecified atom stereocenters. The molecule has 0 saturated heterocycles. The number of hydrogen-bond acceptors (Lipinski definition) is 4. The molecule has 1 aliphatic rings. The molecule has 0 aliphatic heterocycles. The number of halogens is 4. The van der Waals surface area contributed by atoms with Gasteiger partial charge in [0.2, 0.25) is 0 Å². The van der Waals surface area contributed by atoms with Gasteiger partial charge in [-0.1, -0.05) is 78.6 Å². The van der Waals surface area contributed by atoms with Gasteiger partial charge in [0.15, 0.2) is 0 Å². The standard InChI is InChI=1S/C28H36I4S4Si4/c1-37(2,3)25-17-13(21(29)33-25)14-19(27(35-22(14)30)39(7,8)9)20-16(24(32)36-28(20)40(10,11)12)15-18(17)26(34-23(15)31)38(4,5)6/h1-12H3. The van der Waals surface area contributed by atoms with Crippen LogP contribution in [0.3, 0.4) is 0 Å². The van der Waals surface area contributed by atoms with Crippen molar-refractivity contribution < 1.29 is 0 Å². The fraction of sp³-hybridized carbons (Fsp3) is 0.429. The van der Waals surface area contributed by atoms with Crippen molar-refractivity contribution in [3.8, 4) is 44.5 Å². The van der Waals surface area contributed by atoms with Crippen LogP contribution in [0.5, 0.6) is 0 Å². The molecule has 0 bridgehead atoms. The van der Waals surface area contributed by atoms with Crippen LogP contribution < -0.4 is 18.0 Å². The van der Waals surface area contributed by atoms with E-state index in [1.807, 2.05) is 0 Å². The lowest BCUT2D eigenvalue weighted by atomic mass is 9.88. The van der Waals surface area contributed by atoms with Gasteiger partial charge in [-0.2, -0.15) is 0 Å². The van der Waals surface area contributed by atoms with Gasteiger partial charge < -0.3 is 0 Å². The highest BCUT2D eigenvalue weighted by atomic mass is 127. The summed E-state index contributed by atoms with van der Waals surface area (Å²) in [6.45, 7) is 30.8. The first-order valence-electron chi connectivity index (χ1n) is 13.4. The van der Waals surface area contributed by atoms with E-state index < -0.39 is 32.3 Å². The van der Waals surface area contributed by atoms with Crippen molar-refractivity contribution in [3.05, 3.63) is 11.5 Å². The summed E-state index contributed by atoms with van der Waals surface area (Å²) in [5.74, 6) is 0. The Kier molecular flexibility index (Phi) is 9.41. The second-order valence-corrected chi connectivity index (χ2v) is 47.6. The Morgan fingerprint density at radius 1 is 0.300 bits per heavy atom. The topological polar surface area (TPSA) is 0 Å². The number of thiophene rings is 4. The largest absolute Gasteiger partial charge is 0.138 e. The lowest BCUT2D eigenvalue weighted by Crippen LogP contribution is -2.41. The first-order valence-corrected chi connectivity index (χ1v) is 35.0. The number of hydrogen-bond donors (Lipinski definition) is 0. The van der Waals surface area contributed by atoms with E-state index >= 15 is 0 Å². The summed E-state index contributed by atoms with van der Waals surface area (Å²) in [4.78, 5) is 0. The Morgan fingerprint density at radius 3 is 0.575 bits per heavy atom. The summed E-state index contributed by atoms with van der Waals surface area (Å²) in [6.07, 6.45) is 0. The molecule has 0 saturated carbocycles. The van der Waals surface area contributed by atoms with Crippen LogP contribution in [0.4, 0.5) is 0 Å². The molecular formula is C28H36I4S4Si4. The Balaban J connectivity index is 2.18. The molecule has 5 rings (SSSR count). The summed E-state index contributed by atoms with van der Waals surface area (Å²) in [7, 11) is -6.49. The molecule has 0 aromatic carbocycles. The van der Waals surface area contributed by atoms with Crippen LogP contribution in [0.2, 0.25) is 78.6 Å². The molecule has 0 amide bonds. The Hall–Kier alpha value is 2.59. The molecule has 1 aliphatic carbocycles. The predicted octanol–water partition coefficient (Wildman–Crippen LogP) is 11.5. The molecule has 0 nitrogen and oxygen atoms in total. The molecule has 4 heterocycles. The molecule has 0 radical (unpaired) electrons. The molecular weight excluding hydrogens is 1080 g/mol. The first kappa shape index (κ1) is 33.9. The molecule has 216 valence electrons. The highest BCUT2D eigenvalue weighted by Crippen LogP contribution is 2.57. The third-order valence-electron chi connectivity index (χ3n) is 7.19. The zero-order valence-electron chi connectivity index (χ0n) is 25.1. The third kappa shape index (κ3) is 5.60. The van der Waals surface area contributed by atoms with Crippen LogP contribution in [-0.2, 0) is 0 Å². The van der Waals surface area contributed by atoms with Crippen molar-refractivity contribution in [2.24, 2.45) is 0 Å². The lowest BCUT2D eigenvalue weighted by molar-refractivity contribution is 1.64. The molecule has 0 spiro atoms. The SMILES string of the molecule is C[Si](C)(C)c1sc(I)c2c1-c1c([Si](C)(C)C)sc(I)c1-c1c(I)sc([Si](C)(C)C)c1-c1c([Si](C)(C)C)sc(I)c1-2. The van der Waals surface area contributed by atoms with Gasteiger partial charge >= 0.3 is 0 Å². The van der Waals surface area contributed by atoms with E-state index in [9.17, 15) is 0 Å². The monoisotopic (exact) mass is 1120 g/mol. The van der Waals surface area contributed by atoms with E-state index in [1.54, 1.807) is 62.5 Å². The summed E-state index contributed by atoms with van der Waals surface area (Å²) in [5, 5.41) is 0. The summed E-state index contributed by atoms with van der Waals surface area (Å²) < 4.78 is 12.8. The highest BCUT2D eigenvalue weighted by Gasteiger charge is 2.43. The molecule has 0 N–H and O–H groups in total. The van der Waals surface area contributed by atoms with E-state index in [4.69, 9.17) is 0 Å². The van der Waals surface area contributed by atoms with Crippen molar-refractivity contribution in [2.75, 3.05) is 0 Å². The minimum absolute atomic E-state index is 1.50. The smallest absolute Gasteiger partial charge is 0.0913 e. The normalized spacial score (nSPS) is 14.0. The zero-order chi connectivity index (χ0) is 30.1. The van der Waals surface area contributed by atoms with Crippen LogP contribution in [0.15, 0.2) is 0 Å². The summed E-state index contributed by atoms with van der Waals surface area (Å²) in [5.41, 5.74) is 12.8. The van der Waals surface area contributed by atoms with Gasteiger partial charge in [-0.15, -0.1) is 45.3 Å². The van der Waals surface area contributed by atoms with Gasteiger partial charge in [0.05, 0.1) is 43.8 Å². The first-order chi connectivity index (χ1) is 18.1. The van der Waals surface area contributed by atoms with Crippen LogP contribution in [0.1, 0.15) is 0 Å². The molecule has 4 aromatic rings. The van der Waals surface area contributed by atoms with Crippen molar-refractivity contribution >= 4 is 186 Å².